The number of alkyl halides is 3. The van der Waals surface area contributed by atoms with E-state index in [1.807, 2.05) is 4.90 Å². The third kappa shape index (κ3) is 7.12. The Bertz CT molecular complexity index is 1380. The first kappa shape index (κ1) is 28.8. The van der Waals surface area contributed by atoms with Crippen molar-refractivity contribution in [3.63, 3.8) is 0 Å². The fraction of sp³-hybridized carbons (Fsp3) is 0.355. The highest BCUT2D eigenvalue weighted by atomic mass is 19.4. The molecule has 6 nitrogen and oxygen atoms in total. The molecule has 0 spiro atoms. The maximum absolute atomic E-state index is 13.8. The van der Waals surface area contributed by atoms with Crippen molar-refractivity contribution in [2.75, 3.05) is 19.6 Å². The Morgan fingerprint density at radius 3 is 2.15 bits per heavy atom. The lowest BCUT2D eigenvalue weighted by Crippen LogP contribution is -2.48. The average Bonchev–Trinajstić information content (AvgIpc) is 3.63. The van der Waals surface area contributed by atoms with E-state index in [2.05, 4.69) is 5.32 Å². The molecule has 3 aromatic rings. The highest BCUT2D eigenvalue weighted by molar-refractivity contribution is 6.42. The summed E-state index contributed by atoms with van der Waals surface area (Å²) in [5.74, 6) is -2.50. The van der Waals surface area contributed by atoms with Crippen LogP contribution in [0.3, 0.4) is 0 Å². The molecule has 41 heavy (non-hydrogen) atoms. The zero-order valence-electron chi connectivity index (χ0n) is 22.2. The van der Waals surface area contributed by atoms with Gasteiger partial charge in [-0.25, -0.2) is 4.39 Å². The molecule has 1 aliphatic heterocycles. The minimum Gasteiger partial charge on any atom is -0.490 e. The lowest BCUT2D eigenvalue weighted by Gasteiger charge is -2.29. The largest absolute Gasteiger partial charge is 0.490 e. The van der Waals surface area contributed by atoms with Crippen LogP contribution in [0.25, 0.3) is 11.1 Å². The molecule has 1 saturated heterocycles. The van der Waals surface area contributed by atoms with E-state index < -0.39 is 35.6 Å². The van der Waals surface area contributed by atoms with Crippen molar-refractivity contribution in [2.45, 2.75) is 50.1 Å². The van der Waals surface area contributed by atoms with Gasteiger partial charge in [0.05, 0.1) is 17.7 Å². The lowest BCUT2D eigenvalue weighted by molar-refractivity contribution is -0.139. The van der Waals surface area contributed by atoms with Crippen molar-refractivity contribution < 1.29 is 37.0 Å². The molecular weight excluding hydrogens is 540 g/mol. The third-order valence-electron chi connectivity index (χ3n) is 7.35. The fourth-order valence-corrected chi connectivity index (χ4v) is 4.94. The van der Waals surface area contributed by atoms with Crippen LogP contribution in [0, 0.1) is 5.82 Å². The van der Waals surface area contributed by atoms with Crippen molar-refractivity contribution in [1.29, 1.82) is 0 Å². The number of nitrogens with zero attached hydrogens (tertiary/aromatic N) is 1. The molecule has 2 atom stereocenters. The monoisotopic (exact) mass is 570 g/mol. The second-order valence-corrected chi connectivity index (χ2v) is 10.5. The summed E-state index contributed by atoms with van der Waals surface area (Å²) in [7, 11) is 0. The van der Waals surface area contributed by atoms with Crippen molar-refractivity contribution >= 4 is 11.7 Å². The van der Waals surface area contributed by atoms with Crippen LogP contribution in [0.5, 0.6) is 5.75 Å². The molecule has 1 saturated carbocycles. The molecule has 1 heterocycles. The topological polar surface area (TPSA) is 78.9 Å². The van der Waals surface area contributed by atoms with Crippen molar-refractivity contribution in [3.05, 3.63) is 89.2 Å². The Balaban J connectivity index is 1.34. The van der Waals surface area contributed by atoms with Gasteiger partial charge in [-0.05, 0) is 79.7 Å². The van der Waals surface area contributed by atoms with E-state index in [1.165, 1.54) is 36.4 Å². The van der Waals surface area contributed by atoms with Gasteiger partial charge < -0.3 is 20.1 Å². The summed E-state index contributed by atoms with van der Waals surface area (Å²) in [6, 6.07) is 14.4. The number of benzene rings is 3. The number of aliphatic hydroxyl groups is 1. The van der Waals surface area contributed by atoms with E-state index >= 15 is 0 Å². The SMILES string of the molecule is O=C(NC(CN1CCCC1)C(O)c1ccc(OC2CC2)c(C(F)(F)F)c1)C(=O)c1ccc(-c2ccc(F)cc2)cc1. The van der Waals surface area contributed by atoms with E-state index in [0.29, 0.717) is 25.9 Å². The standard InChI is InChI=1S/C31H30F4N2O4/c32-23-10-7-20(8-11-23)19-3-5-21(6-4-19)29(39)30(40)36-26(18-37-15-1-2-16-37)28(38)22-9-14-27(41-24-12-13-24)25(17-22)31(33,34)35/h3-11,14,17,24,26,28,38H,1-2,12-13,15-16,18H2,(H,36,40). The molecule has 3 aromatic carbocycles. The number of ether oxygens (including phenoxy) is 1. The van der Waals surface area contributed by atoms with E-state index in [4.69, 9.17) is 4.74 Å². The molecule has 216 valence electrons. The van der Waals surface area contributed by atoms with Gasteiger partial charge in [-0.15, -0.1) is 0 Å². The number of rotatable bonds is 10. The summed E-state index contributed by atoms with van der Waals surface area (Å²) < 4.78 is 60.2. The second-order valence-electron chi connectivity index (χ2n) is 10.5. The molecule has 5 rings (SSSR count). The molecule has 2 aliphatic rings. The van der Waals surface area contributed by atoms with Gasteiger partial charge >= 0.3 is 6.18 Å². The van der Waals surface area contributed by atoms with Crippen LogP contribution in [0.4, 0.5) is 17.6 Å². The first-order chi connectivity index (χ1) is 19.6. The smallest absolute Gasteiger partial charge is 0.419 e. The molecule has 1 amide bonds. The number of ketones is 1. The number of Topliss-reactive ketones (excluding diaryl/α,β-unsaturated/α-hetero) is 1. The van der Waals surface area contributed by atoms with E-state index in [-0.39, 0.29) is 35.3 Å². The van der Waals surface area contributed by atoms with Crippen molar-refractivity contribution in [1.82, 2.24) is 10.2 Å². The predicted molar refractivity (Wildman–Crippen MR) is 144 cm³/mol. The average molecular weight is 571 g/mol. The summed E-state index contributed by atoms with van der Waals surface area (Å²) in [5.41, 5.74) is 0.517. The second kappa shape index (κ2) is 12.0. The first-order valence-electron chi connectivity index (χ1n) is 13.6. The number of hydrogen-bond donors (Lipinski definition) is 2. The van der Waals surface area contributed by atoms with Gasteiger partial charge in [-0.1, -0.05) is 42.5 Å². The number of aliphatic hydroxyl groups excluding tert-OH is 1. The van der Waals surface area contributed by atoms with Gasteiger partial charge in [0.25, 0.3) is 5.91 Å². The van der Waals surface area contributed by atoms with Crippen molar-refractivity contribution in [3.8, 4) is 16.9 Å². The number of carbonyl (C=O) groups is 2. The zero-order valence-corrected chi connectivity index (χ0v) is 22.2. The van der Waals surface area contributed by atoms with Gasteiger partial charge in [-0.3, -0.25) is 9.59 Å². The minimum absolute atomic E-state index is 0.0407. The number of nitrogens with one attached hydrogen (secondary N) is 1. The number of halogens is 4. The quantitative estimate of drug-likeness (QED) is 0.190. The molecule has 0 bridgehead atoms. The fourth-order valence-electron chi connectivity index (χ4n) is 4.94. The summed E-state index contributed by atoms with van der Waals surface area (Å²) in [4.78, 5) is 28.0. The Kier molecular flexibility index (Phi) is 8.42. The molecule has 2 unspecified atom stereocenters. The van der Waals surface area contributed by atoms with Crippen LogP contribution in [0.2, 0.25) is 0 Å². The molecule has 1 aliphatic carbocycles. The van der Waals surface area contributed by atoms with Crippen LogP contribution >= 0.6 is 0 Å². The van der Waals surface area contributed by atoms with Crippen LogP contribution in [-0.2, 0) is 11.0 Å². The molecule has 0 aromatic heterocycles. The Morgan fingerprint density at radius 2 is 1.56 bits per heavy atom. The van der Waals surface area contributed by atoms with Gasteiger partial charge in [0, 0.05) is 12.1 Å². The Morgan fingerprint density at radius 1 is 0.951 bits per heavy atom. The van der Waals surface area contributed by atoms with Gasteiger partial charge in [0.15, 0.2) is 0 Å². The number of carbonyl (C=O) groups excluding carboxylic acids is 2. The highest BCUT2D eigenvalue weighted by Gasteiger charge is 2.38. The third-order valence-corrected chi connectivity index (χ3v) is 7.35. The van der Waals surface area contributed by atoms with E-state index in [0.717, 1.165) is 30.0 Å². The normalized spacial score (nSPS) is 17.2. The maximum atomic E-state index is 13.8. The molecule has 10 heteroatoms. The van der Waals surface area contributed by atoms with Gasteiger partial charge in [0.1, 0.15) is 17.7 Å². The summed E-state index contributed by atoms with van der Waals surface area (Å²) in [6.45, 7) is 1.57. The molecule has 0 radical (unpaired) electrons. The number of hydrogen-bond acceptors (Lipinski definition) is 5. The summed E-state index contributed by atoms with van der Waals surface area (Å²) >= 11 is 0. The molecular formula is C31H30F4N2O4. The van der Waals surface area contributed by atoms with Crippen LogP contribution in [0.15, 0.2) is 66.7 Å². The molecule has 2 fully saturated rings. The minimum atomic E-state index is -4.70. The Labute approximate surface area is 234 Å². The first-order valence-corrected chi connectivity index (χ1v) is 13.6. The predicted octanol–water partition coefficient (Wildman–Crippen LogP) is 5.55. The summed E-state index contributed by atoms with van der Waals surface area (Å²) in [5, 5.41) is 13.8. The number of likely N-dealkylation sites (tertiary alicyclic amines) is 1. The maximum Gasteiger partial charge on any atom is 0.419 e. The van der Waals surface area contributed by atoms with Crippen molar-refractivity contribution in [2.24, 2.45) is 0 Å². The highest BCUT2D eigenvalue weighted by Crippen LogP contribution is 2.40. The lowest BCUT2D eigenvalue weighted by atomic mass is 9.98. The summed E-state index contributed by atoms with van der Waals surface area (Å²) in [6.07, 6.45) is -3.25. The van der Waals surface area contributed by atoms with E-state index in [9.17, 15) is 32.3 Å². The van der Waals surface area contributed by atoms with Gasteiger partial charge in [0.2, 0.25) is 5.78 Å². The molecule has 2 N–H and O–H groups in total. The van der Waals surface area contributed by atoms with Crippen LogP contribution in [-0.4, -0.2) is 53.5 Å². The van der Waals surface area contributed by atoms with Gasteiger partial charge in [-0.2, -0.15) is 13.2 Å². The van der Waals surface area contributed by atoms with E-state index in [1.54, 1.807) is 24.3 Å². The number of amides is 1. The Hall–Kier alpha value is -3.76. The van der Waals surface area contributed by atoms with Crippen LogP contribution in [0.1, 0.15) is 53.3 Å². The van der Waals surface area contributed by atoms with Crippen LogP contribution < -0.4 is 10.1 Å². The zero-order chi connectivity index (χ0) is 29.1.